The average Bonchev–Trinajstić information content (AvgIpc) is 2.56. The van der Waals surface area contributed by atoms with Crippen molar-refractivity contribution in [3.63, 3.8) is 0 Å². The summed E-state index contributed by atoms with van der Waals surface area (Å²) >= 11 is 11.0. The van der Waals surface area contributed by atoms with Gasteiger partial charge in [0, 0.05) is 0 Å². The molecule has 0 aliphatic rings. The van der Waals surface area contributed by atoms with Gasteiger partial charge in [-0.15, -0.1) is 0 Å². The Labute approximate surface area is 145 Å². The molecule has 0 saturated carbocycles. The smallest absolute Gasteiger partial charge is 0.337 e. The van der Waals surface area contributed by atoms with Crippen LogP contribution in [0.1, 0.15) is 10.4 Å². The zero-order valence-corrected chi connectivity index (χ0v) is 13.9. The highest BCUT2D eigenvalue weighted by Gasteiger charge is 2.12. The largest absolute Gasteiger partial charge is 0.465 e. The van der Waals surface area contributed by atoms with Gasteiger partial charge in [0.05, 0.1) is 34.3 Å². The molecular weight excluding hydrogens is 355 g/mol. The van der Waals surface area contributed by atoms with Crippen molar-refractivity contribution in [3.05, 3.63) is 67.9 Å². The highest BCUT2D eigenvalue weighted by Crippen LogP contribution is 2.19. The van der Waals surface area contributed by atoms with Crippen LogP contribution < -0.4 is 5.56 Å². The zero-order chi connectivity index (χ0) is 17.4. The van der Waals surface area contributed by atoms with Gasteiger partial charge in [-0.05, 0) is 48.6 Å². The monoisotopic (exact) mass is 364 g/mol. The molecule has 0 aliphatic heterocycles. The van der Waals surface area contributed by atoms with Gasteiger partial charge in [0.2, 0.25) is 0 Å². The zero-order valence-electron chi connectivity index (χ0n) is 12.3. The van der Waals surface area contributed by atoms with Gasteiger partial charge in [0.25, 0.3) is 5.56 Å². The van der Waals surface area contributed by atoms with Crippen molar-refractivity contribution in [2.75, 3.05) is 7.11 Å². The summed E-state index contributed by atoms with van der Waals surface area (Å²) in [5.74, 6) is -1.11. The molecule has 1 N–H and O–H groups in total. The lowest BCUT2D eigenvalue weighted by Crippen LogP contribution is -2.20. The first-order valence-electron chi connectivity index (χ1n) is 6.75. The van der Waals surface area contributed by atoms with Crippen LogP contribution in [0.2, 0.25) is 5.02 Å². The lowest BCUT2D eigenvalue weighted by atomic mass is 10.1. The fourth-order valence-corrected chi connectivity index (χ4v) is 2.79. The summed E-state index contributed by atoms with van der Waals surface area (Å²) in [7, 11) is 1.27. The molecule has 0 amide bonds. The van der Waals surface area contributed by atoms with E-state index in [9.17, 15) is 14.0 Å². The van der Waals surface area contributed by atoms with Gasteiger partial charge in [-0.25, -0.2) is 9.18 Å². The number of benzene rings is 2. The van der Waals surface area contributed by atoms with Gasteiger partial charge < -0.3 is 9.72 Å². The second-order valence-electron chi connectivity index (χ2n) is 4.92. The van der Waals surface area contributed by atoms with Crippen LogP contribution in [0.3, 0.4) is 0 Å². The molecular formula is C16H10ClFN2O3S. The Morgan fingerprint density at radius 3 is 2.71 bits per heavy atom. The third-order valence-electron chi connectivity index (χ3n) is 3.48. The van der Waals surface area contributed by atoms with Crippen molar-refractivity contribution >= 4 is 40.7 Å². The summed E-state index contributed by atoms with van der Waals surface area (Å²) in [6, 6.07) is 8.34. The molecule has 3 aromatic rings. The third kappa shape index (κ3) is 2.72. The van der Waals surface area contributed by atoms with E-state index in [0.717, 1.165) is 6.07 Å². The SMILES string of the molecule is COC(=O)c1ccc2c(=O)n(-c3ccc(F)c(Cl)c3)c(=S)[nH]c2c1. The first kappa shape index (κ1) is 16.4. The molecule has 1 aromatic heterocycles. The second kappa shape index (κ2) is 6.18. The number of hydrogen-bond acceptors (Lipinski definition) is 4. The maximum absolute atomic E-state index is 13.3. The number of nitrogens with zero attached hydrogens (tertiary/aromatic N) is 1. The number of aromatic amines is 1. The number of hydrogen-bond donors (Lipinski definition) is 1. The number of nitrogens with one attached hydrogen (secondary N) is 1. The predicted octanol–water partition coefficient (Wildman–Crippen LogP) is 3.63. The minimum Gasteiger partial charge on any atom is -0.465 e. The number of esters is 1. The lowest BCUT2D eigenvalue weighted by molar-refractivity contribution is 0.0601. The van der Waals surface area contributed by atoms with Crippen molar-refractivity contribution < 1.29 is 13.9 Å². The van der Waals surface area contributed by atoms with Crippen LogP contribution >= 0.6 is 23.8 Å². The molecule has 0 fully saturated rings. The number of fused-ring (bicyclic) bond motifs is 1. The van der Waals surface area contributed by atoms with E-state index in [1.165, 1.54) is 42.0 Å². The van der Waals surface area contributed by atoms with Crippen molar-refractivity contribution in [1.82, 2.24) is 9.55 Å². The lowest BCUT2D eigenvalue weighted by Gasteiger charge is -2.09. The molecule has 24 heavy (non-hydrogen) atoms. The van der Waals surface area contributed by atoms with Gasteiger partial charge in [-0.3, -0.25) is 9.36 Å². The molecule has 1 heterocycles. The molecule has 8 heteroatoms. The van der Waals surface area contributed by atoms with Crippen molar-refractivity contribution in [1.29, 1.82) is 0 Å². The summed E-state index contributed by atoms with van der Waals surface area (Å²) in [5, 5.41) is 0.201. The predicted molar refractivity (Wildman–Crippen MR) is 91.0 cm³/mol. The molecule has 5 nitrogen and oxygen atoms in total. The van der Waals surface area contributed by atoms with Crippen LogP contribution in [-0.2, 0) is 4.74 Å². The summed E-state index contributed by atoms with van der Waals surface area (Å²) in [6.07, 6.45) is 0. The number of carbonyl (C=O) groups is 1. The Bertz CT molecular complexity index is 1090. The van der Waals surface area contributed by atoms with Gasteiger partial charge >= 0.3 is 5.97 Å². The van der Waals surface area contributed by atoms with E-state index in [1.807, 2.05) is 0 Å². The van der Waals surface area contributed by atoms with E-state index in [0.29, 0.717) is 16.6 Å². The van der Waals surface area contributed by atoms with E-state index in [-0.39, 0.29) is 15.4 Å². The van der Waals surface area contributed by atoms with E-state index in [4.69, 9.17) is 23.8 Å². The highest BCUT2D eigenvalue weighted by atomic mass is 35.5. The summed E-state index contributed by atoms with van der Waals surface area (Å²) in [5.41, 5.74) is 0.620. The van der Waals surface area contributed by atoms with Gasteiger partial charge in [-0.1, -0.05) is 11.6 Å². The maximum Gasteiger partial charge on any atom is 0.337 e. The molecule has 0 spiro atoms. The number of ether oxygens (including phenoxy) is 1. The minimum absolute atomic E-state index is 0.0946. The Kier molecular flexibility index (Phi) is 4.21. The molecule has 0 unspecified atom stereocenters. The van der Waals surface area contributed by atoms with Crippen LogP contribution in [0, 0.1) is 10.6 Å². The fourth-order valence-electron chi connectivity index (χ4n) is 2.32. The van der Waals surface area contributed by atoms with E-state index in [2.05, 4.69) is 9.72 Å². The Balaban J connectivity index is 2.28. The fraction of sp³-hybridized carbons (Fsp3) is 0.0625. The summed E-state index contributed by atoms with van der Waals surface area (Å²) in [6.45, 7) is 0. The molecule has 0 atom stereocenters. The van der Waals surface area contributed by atoms with Crippen LogP contribution in [0.15, 0.2) is 41.2 Å². The Morgan fingerprint density at radius 2 is 2.04 bits per heavy atom. The van der Waals surface area contributed by atoms with Crippen molar-refractivity contribution in [2.45, 2.75) is 0 Å². The maximum atomic E-state index is 13.3. The summed E-state index contributed by atoms with van der Waals surface area (Å²) < 4.78 is 19.3. The molecule has 122 valence electrons. The molecule has 0 saturated heterocycles. The average molecular weight is 365 g/mol. The third-order valence-corrected chi connectivity index (χ3v) is 4.05. The number of rotatable bonds is 2. The number of H-pyrrole nitrogens is 1. The quantitative estimate of drug-likeness (QED) is 0.557. The first-order chi connectivity index (χ1) is 11.4. The number of carbonyl (C=O) groups excluding carboxylic acids is 1. The van der Waals surface area contributed by atoms with Crippen LogP contribution in [0.4, 0.5) is 4.39 Å². The minimum atomic E-state index is -0.591. The molecule has 3 rings (SSSR count). The topological polar surface area (TPSA) is 64.1 Å². The standard InChI is InChI=1S/C16H10ClFN2O3S/c1-23-15(22)8-2-4-10-13(6-8)19-16(24)20(14(10)21)9-3-5-12(18)11(17)7-9/h2-7H,1H3,(H,19,24). The van der Waals surface area contributed by atoms with E-state index < -0.39 is 17.3 Å². The Hall–Kier alpha value is -2.51. The molecule has 0 radical (unpaired) electrons. The van der Waals surface area contributed by atoms with Crippen LogP contribution in [0.25, 0.3) is 16.6 Å². The number of halogens is 2. The molecule has 2 aromatic carbocycles. The van der Waals surface area contributed by atoms with Gasteiger partial charge in [0.1, 0.15) is 5.82 Å². The normalized spacial score (nSPS) is 10.8. The second-order valence-corrected chi connectivity index (χ2v) is 5.71. The summed E-state index contributed by atoms with van der Waals surface area (Å²) in [4.78, 5) is 27.2. The number of aromatic nitrogens is 2. The first-order valence-corrected chi connectivity index (χ1v) is 7.54. The number of methoxy groups -OCH3 is 1. The molecule has 0 aliphatic carbocycles. The van der Waals surface area contributed by atoms with Gasteiger partial charge in [0.15, 0.2) is 4.77 Å². The van der Waals surface area contributed by atoms with Crippen LogP contribution in [-0.4, -0.2) is 22.6 Å². The molecule has 0 bridgehead atoms. The van der Waals surface area contributed by atoms with Gasteiger partial charge in [-0.2, -0.15) is 0 Å². The Morgan fingerprint density at radius 1 is 1.29 bits per heavy atom. The highest BCUT2D eigenvalue weighted by molar-refractivity contribution is 7.71. The van der Waals surface area contributed by atoms with E-state index in [1.54, 1.807) is 0 Å². The van der Waals surface area contributed by atoms with Crippen molar-refractivity contribution in [3.8, 4) is 5.69 Å². The van der Waals surface area contributed by atoms with E-state index >= 15 is 0 Å². The van der Waals surface area contributed by atoms with Crippen LogP contribution in [0.5, 0.6) is 0 Å². The van der Waals surface area contributed by atoms with Crippen molar-refractivity contribution in [2.24, 2.45) is 0 Å².